The third kappa shape index (κ3) is 2.16. The van der Waals surface area contributed by atoms with Crippen molar-refractivity contribution in [3.63, 3.8) is 0 Å². The molecule has 0 aliphatic carbocycles. The topological polar surface area (TPSA) is 55.1 Å². The molecule has 0 amide bonds. The number of aromatic nitrogens is 2. The van der Waals surface area contributed by atoms with Crippen LogP contribution in [0.5, 0.6) is 0 Å². The summed E-state index contributed by atoms with van der Waals surface area (Å²) >= 11 is 0. The molecule has 0 radical (unpaired) electrons. The molecular formula is C16H14N2O2. The van der Waals surface area contributed by atoms with E-state index in [0.29, 0.717) is 6.54 Å². The molecule has 0 fully saturated rings. The molecule has 0 saturated carbocycles. The molecule has 0 bridgehead atoms. The fraction of sp³-hybridized carbons (Fsp3) is 0.125. The van der Waals surface area contributed by atoms with E-state index >= 15 is 0 Å². The second-order valence-corrected chi connectivity index (χ2v) is 4.79. The molecule has 0 atom stereocenters. The number of carbonyl (C=O) groups is 1. The van der Waals surface area contributed by atoms with Crippen molar-refractivity contribution in [2.45, 2.75) is 13.5 Å². The molecule has 3 rings (SSSR count). The maximum Gasteiger partial charge on any atom is 0.337 e. The van der Waals surface area contributed by atoms with Crippen molar-refractivity contribution in [2.24, 2.45) is 0 Å². The quantitative estimate of drug-likeness (QED) is 0.792. The van der Waals surface area contributed by atoms with Gasteiger partial charge in [0.1, 0.15) is 0 Å². The van der Waals surface area contributed by atoms with Gasteiger partial charge in [0.15, 0.2) is 0 Å². The fourth-order valence-electron chi connectivity index (χ4n) is 2.33. The lowest BCUT2D eigenvalue weighted by Crippen LogP contribution is -2.03. The number of hydrogen-bond acceptors (Lipinski definition) is 2. The molecule has 1 aromatic carbocycles. The molecule has 2 heterocycles. The van der Waals surface area contributed by atoms with Crippen LogP contribution in [0.15, 0.2) is 48.8 Å². The average Bonchev–Trinajstić information content (AvgIpc) is 2.84. The summed E-state index contributed by atoms with van der Waals surface area (Å²) in [5.74, 6) is -0.953. The van der Waals surface area contributed by atoms with E-state index in [1.165, 1.54) is 17.1 Å². The van der Waals surface area contributed by atoms with E-state index in [1.54, 1.807) is 12.1 Å². The standard InChI is InChI=1S/C16H14N2O2/c1-11-3-2-4-15-14(11)7-8-18(15)10-13-6-5-12(9-17-13)16(19)20/h2-9H,10H2,1H3,(H,19,20). The number of pyridine rings is 1. The van der Waals surface area contributed by atoms with Crippen molar-refractivity contribution in [3.05, 3.63) is 65.6 Å². The van der Waals surface area contributed by atoms with Crippen LogP contribution in [0.25, 0.3) is 10.9 Å². The zero-order chi connectivity index (χ0) is 14.1. The summed E-state index contributed by atoms with van der Waals surface area (Å²) in [6.07, 6.45) is 3.43. The van der Waals surface area contributed by atoms with E-state index in [9.17, 15) is 4.79 Å². The van der Waals surface area contributed by atoms with Gasteiger partial charge in [-0.05, 0) is 36.8 Å². The van der Waals surface area contributed by atoms with Gasteiger partial charge >= 0.3 is 5.97 Å². The van der Waals surface area contributed by atoms with Gasteiger partial charge in [0.05, 0.1) is 17.8 Å². The van der Waals surface area contributed by atoms with Gasteiger partial charge in [-0.15, -0.1) is 0 Å². The van der Waals surface area contributed by atoms with Crippen LogP contribution in [0.1, 0.15) is 21.6 Å². The molecule has 1 N–H and O–H groups in total. The van der Waals surface area contributed by atoms with Crippen LogP contribution < -0.4 is 0 Å². The zero-order valence-corrected chi connectivity index (χ0v) is 11.1. The van der Waals surface area contributed by atoms with E-state index in [0.717, 1.165) is 11.2 Å². The number of aromatic carboxylic acids is 1. The highest BCUT2D eigenvalue weighted by atomic mass is 16.4. The Labute approximate surface area is 116 Å². The Bertz CT molecular complexity index is 773. The normalized spacial score (nSPS) is 10.8. The molecule has 4 nitrogen and oxygen atoms in total. The lowest BCUT2D eigenvalue weighted by molar-refractivity contribution is 0.0696. The number of carboxylic acid groups (broad SMARTS) is 1. The number of rotatable bonds is 3. The molecule has 100 valence electrons. The Morgan fingerprint density at radius 3 is 2.80 bits per heavy atom. The first-order valence-corrected chi connectivity index (χ1v) is 6.38. The Morgan fingerprint density at radius 2 is 2.10 bits per heavy atom. The van der Waals surface area contributed by atoms with E-state index in [2.05, 4.69) is 34.7 Å². The lowest BCUT2D eigenvalue weighted by Gasteiger charge is -2.06. The minimum absolute atomic E-state index is 0.210. The van der Waals surface area contributed by atoms with E-state index in [1.807, 2.05) is 12.3 Å². The first kappa shape index (κ1) is 12.4. The summed E-state index contributed by atoms with van der Waals surface area (Å²) in [4.78, 5) is 15.0. The first-order valence-electron chi connectivity index (χ1n) is 6.38. The monoisotopic (exact) mass is 266 g/mol. The minimum Gasteiger partial charge on any atom is -0.478 e. The second kappa shape index (κ2) is 4.81. The SMILES string of the molecule is Cc1cccc2c1ccn2Cc1ccc(C(=O)O)cn1. The predicted molar refractivity (Wildman–Crippen MR) is 77.0 cm³/mol. The zero-order valence-electron chi connectivity index (χ0n) is 11.1. The Balaban J connectivity index is 1.93. The fourth-order valence-corrected chi connectivity index (χ4v) is 2.33. The van der Waals surface area contributed by atoms with Crippen LogP contribution >= 0.6 is 0 Å². The summed E-state index contributed by atoms with van der Waals surface area (Å²) in [5, 5.41) is 10.1. The smallest absolute Gasteiger partial charge is 0.337 e. The van der Waals surface area contributed by atoms with Crippen molar-refractivity contribution in [3.8, 4) is 0 Å². The number of nitrogens with zero attached hydrogens (tertiary/aromatic N) is 2. The minimum atomic E-state index is -0.953. The summed E-state index contributed by atoms with van der Waals surface area (Å²) in [6, 6.07) is 11.6. The van der Waals surface area contributed by atoms with Gasteiger partial charge in [0, 0.05) is 23.3 Å². The molecule has 4 heteroatoms. The molecule has 0 unspecified atom stereocenters. The van der Waals surface area contributed by atoms with E-state index < -0.39 is 5.97 Å². The Hall–Kier alpha value is -2.62. The van der Waals surface area contributed by atoms with Crippen molar-refractivity contribution in [1.29, 1.82) is 0 Å². The van der Waals surface area contributed by atoms with Crippen LogP contribution in [0, 0.1) is 6.92 Å². The van der Waals surface area contributed by atoms with E-state index in [-0.39, 0.29) is 5.56 Å². The third-order valence-corrected chi connectivity index (χ3v) is 3.44. The molecule has 0 aliphatic heterocycles. The predicted octanol–water partition coefficient (Wildman–Crippen LogP) is 3.09. The van der Waals surface area contributed by atoms with Crippen LogP contribution in [0.2, 0.25) is 0 Å². The maximum atomic E-state index is 10.8. The number of carboxylic acids is 1. The highest BCUT2D eigenvalue weighted by Gasteiger charge is 2.06. The van der Waals surface area contributed by atoms with Crippen molar-refractivity contribution >= 4 is 16.9 Å². The van der Waals surface area contributed by atoms with Crippen molar-refractivity contribution in [2.75, 3.05) is 0 Å². The van der Waals surface area contributed by atoms with Crippen molar-refractivity contribution in [1.82, 2.24) is 9.55 Å². The van der Waals surface area contributed by atoms with Crippen LogP contribution in [-0.4, -0.2) is 20.6 Å². The maximum absolute atomic E-state index is 10.8. The number of benzene rings is 1. The van der Waals surface area contributed by atoms with E-state index in [4.69, 9.17) is 5.11 Å². The molecule has 3 aromatic rings. The van der Waals surface area contributed by atoms with Gasteiger partial charge in [0.2, 0.25) is 0 Å². The molecule has 0 spiro atoms. The van der Waals surface area contributed by atoms with Gasteiger partial charge < -0.3 is 9.67 Å². The largest absolute Gasteiger partial charge is 0.478 e. The van der Waals surface area contributed by atoms with Crippen LogP contribution in [-0.2, 0) is 6.54 Å². The lowest BCUT2D eigenvalue weighted by atomic mass is 10.1. The Morgan fingerprint density at radius 1 is 1.25 bits per heavy atom. The number of hydrogen-bond donors (Lipinski definition) is 1. The van der Waals surface area contributed by atoms with Gasteiger partial charge in [-0.3, -0.25) is 4.98 Å². The summed E-state index contributed by atoms with van der Waals surface area (Å²) < 4.78 is 2.12. The van der Waals surface area contributed by atoms with Crippen LogP contribution in [0.4, 0.5) is 0 Å². The second-order valence-electron chi connectivity index (χ2n) is 4.79. The third-order valence-electron chi connectivity index (χ3n) is 3.44. The van der Waals surface area contributed by atoms with Gasteiger partial charge in [-0.25, -0.2) is 4.79 Å². The first-order chi connectivity index (χ1) is 9.65. The number of fused-ring (bicyclic) bond motifs is 1. The van der Waals surface area contributed by atoms with Gasteiger partial charge in [0.25, 0.3) is 0 Å². The summed E-state index contributed by atoms with van der Waals surface area (Å²) in [6.45, 7) is 2.72. The molecular weight excluding hydrogens is 252 g/mol. The van der Waals surface area contributed by atoms with Crippen molar-refractivity contribution < 1.29 is 9.90 Å². The van der Waals surface area contributed by atoms with Crippen LogP contribution in [0.3, 0.4) is 0 Å². The average molecular weight is 266 g/mol. The van der Waals surface area contributed by atoms with Gasteiger partial charge in [-0.1, -0.05) is 12.1 Å². The Kier molecular flexibility index (Phi) is 2.99. The molecule has 20 heavy (non-hydrogen) atoms. The highest BCUT2D eigenvalue weighted by Crippen LogP contribution is 2.20. The highest BCUT2D eigenvalue weighted by molar-refractivity contribution is 5.87. The van der Waals surface area contributed by atoms with Gasteiger partial charge in [-0.2, -0.15) is 0 Å². The summed E-state index contributed by atoms with van der Waals surface area (Å²) in [7, 11) is 0. The molecule has 2 aromatic heterocycles. The molecule has 0 saturated heterocycles. The number of aryl methyl sites for hydroxylation is 1. The molecule has 0 aliphatic rings. The summed E-state index contributed by atoms with van der Waals surface area (Å²) in [5.41, 5.74) is 3.46.